The van der Waals surface area contributed by atoms with Gasteiger partial charge in [0.2, 0.25) is 5.88 Å². The number of aliphatic hydroxyl groups excluding tert-OH is 2. The molecular formula is C22H26N4O3. The minimum absolute atomic E-state index is 0.305. The molecule has 1 aliphatic carbocycles. The van der Waals surface area contributed by atoms with E-state index in [9.17, 15) is 10.2 Å². The topological polar surface area (TPSA) is 92.4 Å². The molecule has 1 fully saturated rings. The Morgan fingerprint density at radius 1 is 1.21 bits per heavy atom. The van der Waals surface area contributed by atoms with Crippen LogP contribution in [0.1, 0.15) is 34.8 Å². The molecule has 2 aliphatic rings. The molecule has 4 atom stereocenters. The fourth-order valence-electron chi connectivity index (χ4n) is 4.65. The summed E-state index contributed by atoms with van der Waals surface area (Å²) < 4.78 is 8.17. The molecule has 5 rings (SSSR count). The second-order valence-corrected chi connectivity index (χ2v) is 8.16. The average molecular weight is 394 g/mol. The van der Waals surface area contributed by atoms with Crippen molar-refractivity contribution in [3.05, 3.63) is 53.0 Å². The Morgan fingerprint density at radius 2 is 2.07 bits per heavy atom. The summed E-state index contributed by atoms with van der Waals surface area (Å²) in [6.07, 6.45) is 2.68. The second-order valence-electron chi connectivity index (χ2n) is 8.16. The summed E-state index contributed by atoms with van der Waals surface area (Å²) in [5.41, 5.74) is 5.15. The lowest BCUT2D eigenvalue weighted by atomic mass is 10.0. The third-order valence-electron chi connectivity index (χ3n) is 6.23. The molecular weight excluding hydrogens is 368 g/mol. The van der Waals surface area contributed by atoms with Gasteiger partial charge in [-0.25, -0.2) is 9.97 Å². The average Bonchev–Trinajstić information content (AvgIpc) is 3.25. The maximum Gasteiger partial charge on any atom is 0.218 e. The molecule has 3 aromatic heterocycles. The van der Waals surface area contributed by atoms with E-state index in [-0.39, 0.29) is 6.04 Å². The Morgan fingerprint density at radius 3 is 2.93 bits per heavy atom. The lowest BCUT2D eigenvalue weighted by Gasteiger charge is -2.24. The summed E-state index contributed by atoms with van der Waals surface area (Å²) in [7, 11) is 0. The quantitative estimate of drug-likeness (QED) is 0.628. The van der Waals surface area contributed by atoms with Gasteiger partial charge in [-0.1, -0.05) is 0 Å². The molecule has 0 saturated heterocycles. The van der Waals surface area contributed by atoms with Crippen molar-refractivity contribution in [2.24, 2.45) is 0 Å². The van der Waals surface area contributed by atoms with Crippen LogP contribution in [0.5, 0.6) is 5.88 Å². The fourth-order valence-corrected chi connectivity index (χ4v) is 4.65. The first-order chi connectivity index (χ1) is 14.0. The molecule has 4 heterocycles. The van der Waals surface area contributed by atoms with E-state index in [1.807, 2.05) is 36.7 Å². The minimum atomic E-state index is -0.989. The number of pyridine rings is 2. The largest absolute Gasteiger partial charge is 0.471 e. The van der Waals surface area contributed by atoms with Crippen LogP contribution in [0.4, 0.5) is 0 Å². The number of hydrogen-bond acceptors (Lipinski definition) is 6. The maximum atomic E-state index is 10.8. The number of aliphatic hydroxyl groups is 2. The Bertz CT molecular complexity index is 1060. The van der Waals surface area contributed by atoms with E-state index in [1.54, 1.807) is 6.20 Å². The van der Waals surface area contributed by atoms with E-state index < -0.39 is 18.3 Å². The zero-order valence-corrected chi connectivity index (χ0v) is 16.7. The van der Waals surface area contributed by atoms with Crippen molar-refractivity contribution in [3.63, 3.8) is 0 Å². The highest BCUT2D eigenvalue weighted by Gasteiger charge is 2.45. The van der Waals surface area contributed by atoms with Crippen molar-refractivity contribution < 1.29 is 14.9 Å². The van der Waals surface area contributed by atoms with Gasteiger partial charge in [0.15, 0.2) is 0 Å². The van der Waals surface area contributed by atoms with Gasteiger partial charge in [-0.05, 0) is 56.1 Å². The predicted octanol–water partition coefficient (Wildman–Crippen LogP) is 1.81. The van der Waals surface area contributed by atoms with Crippen LogP contribution in [0.2, 0.25) is 0 Å². The monoisotopic (exact) mass is 394 g/mol. The number of fused-ring (bicyclic) bond motifs is 2. The third-order valence-corrected chi connectivity index (χ3v) is 6.23. The van der Waals surface area contributed by atoms with Crippen LogP contribution in [0, 0.1) is 13.8 Å². The maximum absolute atomic E-state index is 10.8. The molecule has 152 valence electrons. The van der Waals surface area contributed by atoms with Gasteiger partial charge in [0.25, 0.3) is 0 Å². The molecule has 0 amide bonds. The zero-order chi connectivity index (χ0) is 20.1. The highest BCUT2D eigenvalue weighted by atomic mass is 16.5. The van der Waals surface area contributed by atoms with Gasteiger partial charge in [-0.15, -0.1) is 0 Å². The summed E-state index contributed by atoms with van der Waals surface area (Å²) in [6, 6.07) is 5.78. The van der Waals surface area contributed by atoms with Gasteiger partial charge in [0.1, 0.15) is 24.0 Å². The van der Waals surface area contributed by atoms with Crippen LogP contribution in [0.3, 0.4) is 0 Å². The number of rotatable bonds is 3. The smallest absolute Gasteiger partial charge is 0.218 e. The van der Waals surface area contributed by atoms with Gasteiger partial charge >= 0.3 is 0 Å². The van der Waals surface area contributed by atoms with Crippen LogP contribution in [0.25, 0.3) is 11.0 Å². The van der Waals surface area contributed by atoms with E-state index in [0.717, 1.165) is 40.8 Å². The number of aromatic nitrogens is 3. The molecule has 1 aliphatic heterocycles. The van der Waals surface area contributed by atoms with E-state index in [2.05, 4.69) is 21.4 Å². The normalized spacial score (nSPS) is 26.6. The molecule has 4 unspecified atom stereocenters. The van der Waals surface area contributed by atoms with Gasteiger partial charge in [-0.3, -0.25) is 0 Å². The molecule has 0 aromatic carbocycles. The van der Waals surface area contributed by atoms with E-state index in [4.69, 9.17) is 4.74 Å². The Hall–Kier alpha value is -2.48. The number of nitrogens with zero attached hydrogens (tertiary/aromatic N) is 3. The first-order valence-corrected chi connectivity index (χ1v) is 10.2. The van der Waals surface area contributed by atoms with Crippen LogP contribution in [-0.4, -0.2) is 49.6 Å². The molecule has 29 heavy (non-hydrogen) atoms. The molecule has 3 aromatic rings. The Balaban J connectivity index is 1.45. The van der Waals surface area contributed by atoms with Gasteiger partial charge in [0, 0.05) is 42.0 Å². The summed E-state index contributed by atoms with van der Waals surface area (Å²) in [5.74, 6) is 0.565. The number of hydrogen-bond donors (Lipinski definition) is 3. The summed E-state index contributed by atoms with van der Waals surface area (Å²) in [5, 5.41) is 25.9. The standard InChI is InChI=1S/C22H26N4O3/c1-12-3-7-24-21-15(12)5-8-26(21)17-10-18(20(28)19(17)27)29-22-16-11-23-6-4-14(16)9-13(2)25-22/h3,5,7-9,17-20,23,27-28H,4,6,10-11H2,1-2H3. The molecule has 1 saturated carbocycles. The van der Waals surface area contributed by atoms with E-state index in [0.29, 0.717) is 18.8 Å². The molecule has 0 radical (unpaired) electrons. The number of ether oxygens (including phenoxy) is 1. The highest BCUT2D eigenvalue weighted by Crippen LogP contribution is 2.37. The van der Waals surface area contributed by atoms with Crippen molar-refractivity contribution in [2.45, 2.75) is 57.6 Å². The molecule has 7 heteroatoms. The molecule has 0 spiro atoms. The van der Waals surface area contributed by atoms with Crippen LogP contribution in [-0.2, 0) is 13.0 Å². The summed E-state index contributed by atoms with van der Waals surface area (Å²) >= 11 is 0. The van der Waals surface area contributed by atoms with Crippen molar-refractivity contribution in [3.8, 4) is 5.88 Å². The minimum Gasteiger partial charge on any atom is -0.471 e. The lowest BCUT2D eigenvalue weighted by Crippen LogP contribution is -2.35. The first-order valence-electron chi connectivity index (χ1n) is 10.2. The predicted molar refractivity (Wildman–Crippen MR) is 109 cm³/mol. The van der Waals surface area contributed by atoms with Crippen molar-refractivity contribution >= 4 is 11.0 Å². The van der Waals surface area contributed by atoms with Crippen LogP contribution in [0.15, 0.2) is 30.6 Å². The molecule has 7 nitrogen and oxygen atoms in total. The molecule has 0 bridgehead atoms. The lowest BCUT2D eigenvalue weighted by molar-refractivity contribution is -0.0178. The van der Waals surface area contributed by atoms with Crippen LogP contribution >= 0.6 is 0 Å². The molecule has 3 N–H and O–H groups in total. The van der Waals surface area contributed by atoms with Crippen molar-refractivity contribution in [2.75, 3.05) is 6.54 Å². The van der Waals surface area contributed by atoms with E-state index in [1.165, 1.54) is 5.56 Å². The highest BCUT2D eigenvalue weighted by molar-refractivity contribution is 5.79. The summed E-state index contributed by atoms with van der Waals surface area (Å²) in [4.78, 5) is 9.08. The van der Waals surface area contributed by atoms with E-state index >= 15 is 0 Å². The number of nitrogens with one attached hydrogen (secondary N) is 1. The zero-order valence-electron chi connectivity index (χ0n) is 16.7. The Labute approximate surface area is 169 Å². The Kier molecular flexibility index (Phi) is 4.53. The summed E-state index contributed by atoms with van der Waals surface area (Å²) in [6.45, 7) is 5.65. The second kappa shape index (κ2) is 7.09. The van der Waals surface area contributed by atoms with Crippen LogP contribution < -0.4 is 10.1 Å². The third kappa shape index (κ3) is 3.10. The number of aryl methyl sites for hydroxylation is 2. The fraction of sp³-hybridized carbons (Fsp3) is 0.455. The van der Waals surface area contributed by atoms with Gasteiger partial charge < -0.3 is 24.8 Å². The van der Waals surface area contributed by atoms with Crippen molar-refractivity contribution in [1.29, 1.82) is 0 Å². The first kappa shape index (κ1) is 18.5. The SMILES string of the molecule is Cc1cc2c(c(OC3CC(n4ccc5c(C)ccnc54)C(O)C3O)n1)CNCC2. The van der Waals surface area contributed by atoms with Gasteiger partial charge in [0.05, 0.1) is 6.04 Å². The van der Waals surface area contributed by atoms with Crippen molar-refractivity contribution in [1.82, 2.24) is 19.9 Å². The van der Waals surface area contributed by atoms with Gasteiger partial charge in [-0.2, -0.15) is 0 Å².